The molecular weight excluding hydrogens is 168 g/mol. The molecule has 0 aromatic heterocycles. The van der Waals surface area contributed by atoms with Crippen molar-refractivity contribution in [3.05, 3.63) is 46.5 Å². The maximum Gasteiger partial charge on any atom is -0.0109 e. The van der Waals surface area contributed by atoms with E-state index in [0.29, 0.717) is 0 Å². The maximum absolute atomic E-state index is 2.37. The van der Waals surface area contributed by atoms with Crippen molar-refractivity contribution in [2.24, 2.45) is 0 Å². The predicted octanol–water partition coefficient (Wildman–Crippen LogP) is 4.04. The SMILES string of the molecule is CC1=C2C(=Cc3ccccc32)CCC1. The monoisotopic (exact) mass is 182 g/mol. The highest BCUT2D eigenvalue weighted by molar-refractivity contribution is 5.96. The molecule has 0 saturated carbocycles. The molecule has 0 unspecified atom stereocenters. The van der Waals surface area contributed by atoms with Crippen molar-refractivity contribution < 1.29 is 0 Å². The van der Waals surface area contributed by atoms with E-state index < -0.39 is 0 Å². The van der Waals surface area contributed by atoms with E-state index in [0.717, 1.165) is 0 Å². The second kappa shape index (κ2) is 2.84. The van der Waals surface area contributed by atoms with Crippen molar-refractivity contribution in [2.45, 2.75) is 26.2 Å². The van der Waals surface area contributed by atoms with Crippen molar-refractivity contribution in [3.63, 3.8) is 0 Å². The zero-order valence-corrected chi connectivity index (χ0v) is 8.51. The number of fused-ring (bicyclic) bond motifs is 3. The second-order valence-electron chi connectivity index (χ2n) is 4.27. The molecule has 0 N–H and O–H groups in total. The molecule has 2 aliphatic carbocycles. The quantitative estimate of drug-likeness (QED) is 0.568. The highest BCUT2D eigenvalue weighted by Gasteiger charge is 2.22. The number of hydrogen-bond acceptors (Lipinski definition) is 0. The minimum atomic E-state index is 1.27. The van der Waals surface area contributed by atoms with Gasteiger partial charge in [-0.05, 0) is 48.5 Å². The molecule has 0 spiro atoms. The summed E-state index contributed by atoms with van der Waals surface area (Å²) in [6, 6.07) is 8.75. The van der Waals surface area contributed by atoms with Gasteiger partial charge in [-0.3, -0.25) is 0 Å². The van der Waals surface area contributed by atoms with Crippen molar-refractivity contribution in [3.8, 4) is 0 Å². The van der Waals surface area contributed by atoms with Gasteiger partial charge >= 0.3 is 0 Å². The Hall–Kier alpha value is -1.30. The fourth-order valence-corrected chi connectivity index (χ4v) is 2.65. The zero-order valence-electron chi connectivity index (χ0n) is 8.51. The van der Waals surface area contributed by atoms with Gasteiger partial charge in [0.2, 0.25) is 0 Å². The van der Waals surface area contributed by atoms with Crippen LogP contribution in [0.5, 0.6) is 0 Å². The van der Waals surface area contributed by atoms with E-state index in [4.69, 9.17) is 0 Å². The van der Waals surface area contributed by atoms with Gasteiger partial charge < -0.3 is 0 Å². The first-order valence-electron chi connectivity index (χ1n) is 5.36. The van der Waals surface area contributed by atoms with Gasteiger partial charge in [-0.25, -0.2) is 0 Å². The molecule has 1 aromatic carbocycles. The highest BCUT2D eigenvalue weighted by Crippen LogP contribution is 2.43. The normalized spacial score (nSPS) is 19.1. The summed E-state index contributed by atoms with van der Waals surface area (Å²) in [5, 5.41) is 0. The highest BCUT2D eigenvalue weighted by atomic mass is 14.3. The predicted molar refractivity (Wildman–Crippen MR) is 60.9 cm³/mol. The Bertz CT molecular complexity index is 447. The van der Waals surface area contributed by atoms with E-state index in [1.54, 1.807) is 16.7 Å². The fraction of sp³-hybridized carbons (Fsp3) is 0.286. The Morgan fingerprint density at radius 2 is 1.93 bits per heavy atom. The number of benzene rings is 1. The Kier molecular flexibility index (Phi) is 1.63. The summed E-state index contributed by atoms with van der Waals surface area (Å²) in [6.45, 7) is 2.28. The van der Waals surface area contributed by atoms with E-state index in [2.05, 4.69) is 37.3 Å². The van der Waals surface area contributed by atoms with Crippen molar-refractivity contribution >= 4 is 11.6 Å². The minimum Gasteiger partial charge on any atom is -0.0652 e. The summed E-state index contributed by atoms with van der Waals surface area (Å²) < 4.78 is 0. The first kappa shape index (κ1) is 8.05. The average molecular weight is 182 g/mol. The lowest BCUT2D eigenvalue weighted by Crippen LogP contribution is -1.96. The minimum absolute atomic E-state index is 1.27. The van der Waals surface area contributed by atoms with Crippen molar-refractivity contribution in [1.82, 2.24) is 0 Å². The standard InChI is InChI=1S/C14H14/c1-10-5-4-7-12-9-11-6-2-3-8-13(11)14(10)12/h2-3,6,8-9H,4-5,7H2,1H3. The Morgan fingerprint density at radius 3 is 2.86 bits per heavy atom. The van der Waals surface area contributed by atoms with E-state index >= 15 is 0 Å². The maximum atomic E-state index is 2.37. The molecule has 1 aromatic rings. The third-order valence-electron chi connectivity index (χ3n) is 3.31. The van der Waals surface area contributed by atoms with Crippen molar-refractivity contribution in [1.29, 1.82) is 0 Å². The molecule has 2 aliphatic rings. The molecule has 14 heavy (non-hydrogen) atoms. The van der Waals surface area contributed by atoms with Gasteiger partial charge in [-0.2, -0.15) is 0 Å². The molecule has 0 nitrogen and oxygen atoms in total. The van der Waals surface area contributed by atoms with Gasteiger partial charge in [0.05, 0.1) is 0 Å². The topological polar surface area (TPSA) is 0 Å². The van der Waals surface area contributed by atoms with Gasteiger partial charge in [0.25, 0.3) is 0 Å². The van der Waals surface area contributed by atoms with Gasteiger partial charge in [-0.15, -0.1) is 0 Å². The van der Waals surface area contributed by atoms with Crippen molar-refractivity contribution in [2.75, 3.05) is 0 Å². The molecule has 70 valence electrons. The van der Waals surface area contributed by atoms with Crippen LogP contribution in [-0.4, -0.2) is 0 Å². The van der Waals surface area contributed by atoms with Crippen LogP contribution >= 0.6 is 0 Å². The largest absolute Gasteiger partial charge is 0.0652 e. The molecule has 0 amide bonds. The molecule has 0 bridgehead atoms. The van der Waals surface area contributed by atoms with E-state index in [1.165, 1.54) is 30.4 Å². The smallest absolute Gasteiger partial charge is 0.0109 e. The lowest BCUT2D eigenvalue weighted by Gasteiger charge is -2.17. The number of allylic oxidation sites excluding steroid dienone is 3. The lowest BCUT2D eigenvalue weighted by molar-refractivity contribution is 0.797. The summed E-state index contributed by atoms with van der Waals surface area (Å²) in [7, 11) is 0. The van der Waals surface area contributed by atoms with Crippen LogP contribution in [0.2, 0.25) is 0 Å². The summed E-state index contributed by atoms with van der Waals surface area (Å²) in [5.74, 6) is 0. The molecule has 0 heteroatoms. The molecule has 3 rings (SSSR count). The molecular formula is C14H14. The molecule has 0 fully saturated rings. The summed E-state index contributed by atoms with van der Waals surface area (Å²) >= 11 is 0. The van der Waals surface area contributed by atoms with E-state index in [-0.39, 0.29) is 0 Å². The summed E-state index contributed by atoms with van der Waals surface area (Å²) in [6.07, 6.45) is 6.24. The van der Waals surface area contributed by atoms with E-state index in [9.17, 15) is 0 Å². The Balaban J connectivity index is 2.27. The van der Waals surface area contributed by atoms with Crippen LogP contribution in [-0.2, 0) is 0 Å². The van der Waals surface area contributed by atoms with Crippen LogP contribution < -0.4 is 0 Å². The number of rotatable bonds is 0. The molecule has 0 heterocycles. The molecule has 0 atom stereocenters. The van der Waals surface area contributed by atoms with Gasteiger partial charge in [0.1, 0.15) is 0 Å². The van der Waals surface area contributed by atoms with Crippen LogP contribution in [0.4, 0.5) is 0 Å². The summed E-state index contributed by atoms with van der Waals surface area (Å²) in [4.78, 5) is 0. The van der Waals surface area contributed by atoms with Crippen LogP contribution in [0, 0.1) is 0 Å². The molecule has 0 aliphatic heterocycles. The van der Waals surface area contributed by atoms with Crippen LogP contribution in [0.15, 0.2) is 35.4 Å². The third-order valence-corrected chi connectivity index (χ3v) is 3.31. The van der Waals surface area contributed by atoms with E-state index in [1.807, 2.05) is 0 Å². The first-order valence-corrected chi connectivity index (χ1v) is 5.36. The molecule has 0 radical (unpaired) electrons. The van der Waals surface area contributed by atoms with Crippen LogP contribution in [0.25, 0.3) is 11.6 Å². The number of hydrogen-bond donors (Lipinski definition) is 0. The average Bonchev–Trinajstić information content (AvgIpc) is 2.57. The summed E-state index contributed by atoms with van der Waals surface area (Å²) in [5.41, 5.74) is 7.56. The fourth-order valence-electron chi connectivity index (χ4n) is 2.65. The second-order valence-corrected chi connectivity index (χ2v) is 4.27. The molecule has 0 saturated heterocycles. The Morgan fingerprint density at radius 1 is 1.07 bits per heavy atom. The third kappa shape index (κ3) is 1.00. The first-order chi connectivity index (χ1) is 6.86. The zero-order chi connectivity index (χ0) is 9.54. The lowest BCUT2D eigenvalue weighted by atomic mass is 9.87. The van der Waals surface area contributed by atoms with Crippen LogP contribution in [0.3, 0.4) is 0 Å². The van der Waals surface area contributed by atoms with Gasteiger partial charge in [0, 0.05) is 0 Å². The Labute approximate surface area is 85.0 Å². The van der Waals surface area contributed by atoms with Gasteiger partial charge in [-0.1, -0.05) is 35.9 Å². The van der Waals surface area contributed by atoms with Crippen LogP contribution in [0.1, 0.15) is 37.3 Å². The van der Waals surface area contributed by atoms with Gasteiger partial charge in [0.15, 0.2) is 0 Å².